The minimum atomic E-state index is -0.600. The molecule has 0 aliphatic carbocycles. The Balaban J connectivity index is 1.54. The van der Waals surface area contributed by atoms with E-state index in [1.54, 1.807) is 0 Å². The fraction of sp³-hybridized carbons (Fsp3) is 0.353. The summed E-state index contributed by atoms with van der Waals surface area (Å²) in [6, 6.07) is 7.43. The molecule has 2 aliphatic heterocycles. The summed E-state index contributed by atoms with van der Waals surface area (Å²) in [4.78, 5) is 14.5. The molecule has 6 heteroatoms. The van der Waals surface area contributed by atoms with Crippen LogP contribution in [0.2, 0.25) is 0 Å². The van der Waals surface area contributed by atoms with Crippen molar-refractivity contribution in [2.45, 2.75) is 12.5 Å². The van der Waals surface area contributed by atoms with Crippen molar-refractivity contribution in [1.29, 1.82) is 0 Å². The van der Waals surface area contributed by atoms with E-state index >= 15 is 0 Å². The first-order chi connectivity index (χ1) is 11.2. The summed E-state index contributed by atoms with van der Waals surface area (Å²) in [7, 11) is 0. The molecule has 1 radical (unpaired) electrons. The van der Waals surface area contributed by atoms with Crippen molar-refractivity contribution in [1.82, 2.24) is 0 Å². The fourth-order valence-corrected chi connectivity index (χ4v) is 5.46. The zero-order valence-corrected chi connectivity index (χ0v) is 16.4. The standard InChI is InChI=1S/C17H21N3O2.In/c1-3-13(2)12-16(18)17(21)19-14-4-6-15(7-5-14)20-8-10-22-11-9-20;/h1-7,16H,8-12,18H2,(H,19,21);/t16-;/m0./s1. The topological polar surface area (TPSA) is 67.6 Å². The van der Waals surface area contributed by atoms with Crippen LogP contribution >= 0.6 is 0 Å². The number of nitrogens with two attached hydrogens (primary N) is 1. The normalized spacial score (nSPS) is 18.3. The second-order valence-corrected chi connectivity index (χ2v) is 8.89. The van der Waals surface area contributed by atoms with Crippen LogP contribution in [0.25, 0.3) is 0 Å². The summed E-state index contributed by atoms with van der Waals surface area (Å²) in [5, 5.41) is 2.90. The van der Waals surface area contributed by atoms with Crippen molar-refractivity contribution in [3.05, 3.63) is 43.6 Å². The van der Waals surface area contributed by atoms with Crippen molar-refractivity contribution < 1.29 is 9.53 Å². The number of nitrogens with zero attached hydrogens (tertiary/aromatic N) is 1. The van der Waals surface area contributed by atoms with Gasteiger partial charge >= 0.3 is 130 Å². The van der Waals surface area contributed by atoms with Crippen LogP contribution in [0.4, 0.5) is 11.4 Å². The summed E-state index contributed by atoms with van der Waals surface area (Å²) >= 11 is -0.600. The van der Waals surface area contributed by atoms with Gasteiger partial charge in [0.25, 0.3) is 0 Å². The number of ether oxygens (including phenoxy) is 1. The molecule has 119 valence electrons. The van der Waals surface area contributed by atoms with Crippen LogP contribution in [0.15, 0.2) is 43.6 Å². The van der Waals surface area contributed by atoms with Crippen LogP contribution in [0.5, 0.6) is 0 Å². The molecule has 1 saturated heterocycles. The van der Waals surface area contributed by atoms with Crippen molar-refractivity contribution in [2.24, 2.45) is 5.73 Å². The first kappa shape index (κ1) is 16.6. The predicted molar refractivity (Wildman–Crippen MR) is 93.7 cm³/mol. The first-order valence-electron chi connectivity index (χ1n) is 7.92. The Kier molecular flexibility index (Phi) is 5.80. The fourth-order valence-electron chi connectivity index (χ4n) is 2.71. The minimum absolute atomic E-state index is 0.127. The molecule has 1 amide bonds. The molecule has 1 fully saturated rings. The van der Waals surface area contributed by atoms with E-state index in [0.717, 1.165) is 37.7 Å². The Morgan fingerprint density at radius 1 is 1.30 bits per heavy atom. The van der Waals surface area contributed by atoms with Crippen LogP contribution in [0, 0.1) is 0 Å². The van der Waals surface area contributed by atoms with E-state index in [9.17, 15) is 4.79 Å². The Morgan fingerprint density at radius 3 is 2.70 bits per heavy atom. The molecule has 2 aliphatic rings. The number of carbonyl (C=O) groups is 1. The Hall–Kier alpha value is -1.24. The molecule has 3 N–H and O–H groups in total. The molecule has 0 bridgehead atoms. The molecule has 2 heterocycles. The number of amides is 1. The van der Waals surface area contributed by atoms with E-state index in [-0.39, 0.29) is 5.91 Å². The average molecular weight is 414 g/mol. The molecule has 0 aromatic heterocycles. The van der Waals surface area contributed by atoms with Crippen molar-refractivity contribution in [3.8, 4) is 0 Å². The van der Waals surface area contributed by atoms with Gasteiger partial charge in [-0.1, -0.05) is 0 Å². The molecule has 0 spiro atoms. The molecule has 0 unspecified atom stereocenters. The van der Waals surface area contributed by atoms with Crippen LogP contribution < -0.4 is 16.0 Å². The number of morpholine rings is 1. The number of benzene rings is 1. The number of nitrogens with one attached hydrogen (secondary N) is 1. The van der Waals surface area contributed by atoms with Crippen molar-refractivity contribution in [3.63, 3.8) is 0 Å². The number of hydrogen-bond acceptors (Lipinski definition) is 4. The van der Waals surface area contributed by atoms with Gasteiger partial charge in [-0.05, 0) is 0 Å². The molecule has 1 aromatic rings. The Bertz CT molecular complexity index is 607. The van der Waals surface area contributed by atoms with Gasteiger partial charge in [-0.25, -0.2) is 0 Å². The summed E-state index contributed by atoms with van der Waals surface area (Å²) in [5.41, 5.74) is 9.17. The second-order valence-electron chi connectivity index (χ2n) is 5.74. The van der Waals surface area contributed by atoms with E-state index in [4.69, 9.17) is 10.5 Å². The Labute approximate surface area is 147 Å². The third-order valence-corrected chi connectivity index (χ3v) is 6.99. The van der Waals surface area contributed by atoms with Gasteiger partial charge in [-0.3, -0.25) is 0 Å². The molecule has 23 heavy (non-hydrogen) atoms. The number of rotatable bonds is 5. The van der Waals surface area contributed by atoms with E-state index in [1.807, 2.05) is 24.3 Å². The number of hydrogen-bond donors (Lipinski definition) is 2. The van der Waals surface area contributed by atoms with Crippen molar-refractivity contribution >= 4 is 40.2 Å². The number of carbonyl (C=O) groups excluding carboxylic acids is 1. The number of allylic oxidation sites excluding steroid dienone is 1. The monoisotopic (exact) mass is 414 g/mol. The third kappa shape index (κ3) is 4.62. The van der Waals surface area contributed by atoms with Gasteiger partial charge < -0.3 is 4.74 Å². The molecule has 1 atom stereocenters. The first-order valence-corrected chi connectivity index (χ1v) is 11.7. The van der Waals surface area contributed by atoms with Gasteiger partial charge in [0.15, 0.2) is 0 Å². The van der Waals surface area contributed by atoms with E-state index < -0.39 is 28.9 Å². The summed E-state index contributed by atoms with van der Waals surface area (Å²) < 4.78 is 9.92. The van der Waals surface area contributed by atoms with E-state index in [0.29, 0.717) is 6.42 Å². The SMILES string of the molecule is N[C@@H](CC1=[CH][In][CH]=C1)C(=O)Nc1ccc(N2CCOCC2)cc1. The molecular weight excluding hydrogens is 393 g/mol. The zero-order valence-electron chi connectivity index (χ0n) is 13.1. The Morgan fingerprint density at radius 2 is 2.04 bits per heavy atom. The number of anilines is 2. The quantitative estimate of drug-likeness (QED) is 0.763. The van der Waals surface area contributed by atoms with Crippen LogP contribution in [0.1, 0.15) is 6.42 Å². The maximum absolute atomic E-state index is 12.2. The van der Waals surface area contributed by atoms with Crippen LogP contribution in [0.3, 0.4) is 0 Å². The summed E-state index contributed by atoms with van der Waals surface area (Å²) in [6.07, 6.45) is 2.74. The molecule has 5 nitrogen and oxygen atoms in total. The van der Waals surface area contributed by atoms with Crippen molar-refractivity contribution in [2.75, 3.05) is 36.5 Å². The van der Waals surface area contributed by atoms with Crippen LogP contribution in [-0.2, 0) is 9.53 Å². The summed E-state index contributed by atoms with van der Waals surface area (Å²) in [6.45, 7) is 3.34. The molecule has 1 aromatic carbocycles. The van der Waals surface area contributed by atoms with E-state index in [2.05, 4.69) is 24.0 Å². The molecule has 3 rings (SSSR count). The molecular formula is C17H21InN3O2. The molecule has 0 saturated carbocycles. The zero-order chi connectivity index (χ0) is 16.1. The van der Waals surface area contributed by atoms with Gasteiger partial charge in [-0.15, -0.1) is 0 Å². The van der Waals surface area contributed by atoms with Gasteiger partial charge in [0, 0.05) is 0 Å². The summed E-state index contributed by atoms with van der Waals surface area (Å²) in [5.74, 6) is -0.127. The van der Waals surface area contributed by atoms with E-state index in [1.165, 1.54) is 5.57 Å². The van der Waals surface area contributed by atoms with Gasteiger partial charge in [0.1, 0.15) is 0 Å². The van der Waals surface area contributed by atoms with Gasteiger partial charge in [0.2, 0.25) is 0 Å². The average Bonchev–Trinajstić information content (AvgIpc) is 3.09. The van der Waals surface area contributed by atoms with Crippen LogP contribution in [-0.4, -0.2) is 61.2 Å². The second kappa shape index (κ2) is 8.04. The maximum atomic E-state index is 12.2. The van der Waals surface area contributed by atoms with Gasteiger partial charge in [0.05, 0.1) is 13.2 Å². The van der Waals surface area contributed by atoms with Gasteiger partial charge in [-0.2, -0.15) is 0 Å². The third-order valence-electron chi connectivity index (χ3n) is 4.04. The predicted octanol–water partition coefficient (Wildman–Crippen LogP) is 1.29.